The van der Waals surface area contributed by atoms with Crippen molar-refractivity contribution < 1.29 is 0 Å². The number of nitrogens with zero attached hydrogens (tertiary/aromatic N) is 1. The van der Waals surface area contributed by atoms with Gasteiger partial charge in [-0.3, -0.25) is 0 Å². The Morgan fingerprint density at radius 2 is 1.85 bits per heavy atom. The fraction of sp³-hybridized carbons (Fsp3) is 0.824. The molecule has 0 saturated heterocycles. The van der Waals surface area contributed by atoms with E-state index in [1.807, 2.05) is 11.3 Å². The Morgan fingerprint density at radius 3 is 2.45 bits per heavy atom. The van der Waals surface area contributed by atoms with Crippen LogP contribution in [-0.2, 0) is 6.54 Å². The van der Waals surface area contributed by atoms with Gasteiger partial charge in [0.25, 0.3) is 0 Å². The van der Waals surface area contributed by atoms with Crippen LogP contribution in [0.5, 0.6) is 0 Å². The molecule has 3 rings (SSSR count). The number of aromatic nitrogens is 1. The van der Waals surface area contributed by atoms with E-state index < -0.39 is 0 Å². The maximum Gasteiger partial charge on any atom is 0.0962 e. The maximum atomic E-state index is 5.08. The van der Waals surface area contributed by atoms with Gasteiger partial charge in [-0.05, 0) is 50.5 Å². The summed E-state index contributed by atoms with van der Waals surface area (Å²) in [6.45, 7) is 9.09. The van der Waals surface area contributed by atoms with Crippen molar-refractivity contribution in [3.05, 3.63) is 15.6 Å². The molecule has 2 saturated carbocycles. The summed E-state index contributed by atoms with van der Waals surface area (Å²) in [6.07, 6.45) is 8.12. The molecule has 1 aromatic rings. The molecule has 1 N–H and O–H groups in total. The van der Waals surface area contributed by atoms with Gasteiger partial charge in [0.1, 0.15) is 0 Å². The Balaban J connectivity index is 1.73. The summed E-state index contributed by atoms with van der Waals surface area (Å²) in [6, 6.07) is 0. The third-order valence-corrected chi connectivity index (χ3v) is 6.17. The first-order valence-corrected chi connectivity index (χ1v) is 9.11. The molecule has 0 aromatic carbocycles. The van der Waals surface area contributed by atoms with Gasteiger partial charge in [-0.1, -0.05) is 20.8 Å². The Hall–Kier alpha value is -0.410. The van der Waals surface area contributed by atoms with E-state index in [9.17, 15) is 0 Å². The van der Waals surface area contributed by atoms with Crippen LogP contribution < -0.4 is 5.32 Å². The lowest BCUT2D eigenvalue weighted by Gasteiger charge is -2.33. The van der Waals surface area contributed by atoms with Gasteiger partial charge in [0, 0.05) is 23.3 Å². The lowest BCUT2D eigenvalue weighted by atomic mass is 9.73. The lowest BCUT2D eigenvalue weighted by Crippen LogP contribution is -2.20. The van der Waals surface area contributed by atoms with Crippen LogP contribution in [0.1, 0.15) is 86.7 Å². The van der Waals surface area contributed by atoms with E-state index in [0.717, 1.165) is 24.9 Å². The summed E-state index contributed by atoms with van der Waals surface area (Å²) in [7, 11) is 0. The number of hydrogen-bond donors (Lipinski definition) is 1. The van der Waals surface area contributed by atoms with Gasteiger partial charge < -0.3 is 5.32 Å². The molecular formula is C17H28N2S. The van der Waals surface area contributed by atoms with Crippen LogP contribution in [-0.4, -0.2) is 11.5 Å². The van der Waals surface area contributed by atoms with E-state index in [2.05, 4.69) is 26.1 Å². The first kappa shape index (κ1) is 14.5. The summed E-state index contributed by atoms with van der Waals surface area (Å²) < 4.78 is 0. The van der Waals surface area contributed by atoms with Gasteiger partial charge in [0.2, 0.25) is 0 Å². The van der Waals surface area contributed by atoms with E-state index >= 15 is 0 Å². The fourth-order valence-electron chi connectivity index (χ4n) is 3.24. The monoisotopic (exact) mass is 292 g/mol. The Kier molecular flexibility index (Phi) is 4.19. The molecule has 0 unspecified atom stereocenters. The summed E-state index contributed by atoms with van der Waals surface area (Å²) >= 11 is 2.00. The van der Waals surface area contributed by atoms with Gasteiger partial charge in [0.15, 0.2) is 0 Å². The van der Waals surface area contributed by atoms with Crippen molar-refractivity contribution in [2.75, 3.05) is 6.54 Å². The average molecular weight is 292 g/mol. The van der Waals surface area contributed by atoms with Crippen molar-refractivity contribution in [1.82, 2.24) is 10.3 Å². The molecule has 0 bridgehead atoms. The van der Waals surface area contributed by atoms with Crippen LogP contribution in [0, 0.1) is 5.41 Å². The molecule has 2 aliphatic carbocycles. The second-order valence-corrected chi connectivity index (χ2v) is 8.47. The van der Waals surface area contributed by atoms with Gasteiger partial charge in [-0.25, -0.2) is 4.98 Å². The van der Waals surface area contributed by atoms with E-state index in [1.54, 1.807) is 0 Å². The third kappa shape index (κ3) is 3.25. The number of nitrogens with one attached hydrogen (secondary N) is 1. The van der Waals surface area contributed by atoms with Gasteiger partial charge in [0.05, 0.1) is 10.7 Å². The van der Waals surface area contributed by atoms with Crippen LogP contribution in [0.15, 0.2) is 0 Å². The Bertz CT molecular complexity index is 450. The van der Waals surface area contributed by atoms with Gasteiger partial charge in [-0.2, -0.15) is 0 Å². The molecule has 2 aliphatic rings. The molecule has 0 atom stereocenters. The molecule has 2 nitrogen and oxygen atoms in total. The second kappa shape index (κ2) is 5.76. The highest BCUT2D eigenvalue weighted by Gasteiger charge is 2.33. The van der Waals surface area contributed by atoms with Crippen molar-refractivity contribution in [1.29, 1.82) is 0 Å². The van der Waals surface area contributed by atoms with Crippen molar-refractivity contribution >= 4 is 11.3 Å². The minimum absolute atomic E-state index is 0.555. The van der Waals surface area contributed by atoms with Crippen molar-refractivity contribution in [3.8, 4) is 0 Å². The van der Waals surface area contributed by atoms with Crippen molar-refractivity contribution in [3.63, 3.8) is 0 Å². The first-order valence-electron chi connectivity index (χ1n) is 8.29. The lowest BCUT2D eigenvalue weighted by molar-refractivity contribution is 0.224. The first-order chi connectivity index (χ1) is 9.59. The van der Waals surface area contributed by atoms with Crippen LogP contribution in [0.3, 0.4) is 0 Å². The van der Waals surface area contributed by atoms with Gasteiger partial charge >= 0.3 is 0 Å². The molecule has 0 radical (unpaired) electrons. The number of hydrogen-bond acceptors (Lipinski definition) is 3. The summed E-state index contributed by atoms with van der Waals surface area (Å²) in [4.78, 5) is 6.60. The van der Waals surface area contributed by atoms with Crippen LogP contribution in [0.25, 0.3) is 0 Å². The molecule has 20 heavy (non-hydrogen) atoms. The van der Waals surface area contributed by atoms with E-state index in [0.29, 0.717) is 5.41 Å². The van der Waals surface area contributed by atoms with Gasteiger partial charge in [-0.15, -0.1) is 11.3 Å². The van der Waals surface area contributed by atoms with Crippen molar-refractivity contribution in [2.45, 2.75) is 77.7 Å². The number of thiazole rings is 1. The molecule has 0 spiro atoms. The van der Waals surface area contributed by atoms with Crippen LogP contribution in [0.4, 0.5) is 0 Å². The molecule has 2 fully saturated rings. The van der Waals surface area contributed by atoms with E-state index in [4.69, 9.17) is 4.98 Å². The molecule has 1 heterocycles. The quantitative estimate of drug-likeness (QED) is 0.842. The summed E-state index contributed by atoms with van der Waals surface area (Å²) in [5.74, 6) is 1.52. The second-order valence-electron chi connectivity index (χ2n) is 7.35. The predicted octanol–water partition coefficient (Wildman–Crippen LogP) is 4.81. The maximum absolute atomic E-state index is 5.08. The average Bonchev–Trinajstić information content (AvgIpc) is 3.17. The normalized spacial score (nSPS) is 23.1. The van der Waals surface area contributed by atoms with Crippen LogP contribution in [0.2, 0.25) is 0 Å². The molecular weight excluding hydrogens is 264 g/mol. The third-order valence-electron chi connectivity index (χ3n) is 4.93. The summed E-state index contributed by atoms with van der Waals surface area (Å²) in [5, 5.41) is 4.93. The largest absolute Gasteiger partial charge is 0.312 e. The molecule has 3 heteroatoms. The molecule has 0 aliphatic heterocycles. The fourth-order valence-corrected chi connectivity index (χ4v) is 4.53. The molecule has 0 amide bonds. The number of rotatable bonds is 5. The Morgan fingerprint density at radius 1 is 1.15 bits per heavy atom. The smallest absolute Gasteiger partial charge is 0.0962 e. The highest BCUT2D eigenvalue weighted by molar-refractivity contribution is 7.11. The SMILES string of the molecule is CCNCc1sc(C2CCC(C)(C)CC2)nc1C1CC1. The molecule has 112 valence electrons. The zero-order chi connectivity index (χ0) is 14.2. The van der Waals surface area contributed by atoms with E-state index in [-0.39, 0.29) is 0 Å². The molecule has 1 aromatic heterocycles. The predicted molar refractivity (Wildman–Crippen MR) is 86.5 cm³/mol. The standard InChI is InChI=1S/C17H28N2S/c1-4-18-11-14-15(12-5-6-12)19-16(20-14)13-7-9-17(2,3)10-8-13/h12-13,18H,4-11H2,1-3H3. The highest BCUT2D eigenvalue weighted by Crippen LogP contribution is 2.47. The summed E-state index contributed by atoms with van der Waals surface area (Å²) in [5.41, 5.74) is 2.00. The minimum Gasteiger partial charge on any atom is -0.312 e. The zero-order valence-corrected chi connectivity index (χ0v) is 14.0. The topological polar surface area (TPSA) is 24.9 Å². The zero-order valence-electron chi connectivity index (χ0n) is 13.2. The highest BCUT2D eigenvalue weighted by atomic mass is 32.1. The van der Waals surface area contributed by atoms with E-state index in [1.165, 1.54) is 54.1 Å². The van der Waals surface area contributed by atoms with Crippen molar-refractivity contribution in [2.24, 2.45) is 5.41 Å². The Labute approximate surface area is 127 Å². The van der Waals surface area contributed by atoms with Crippen LogP contribution >= 0.6 is 11.3 Å². The minimum atomic E-state index is 0.555.